The first-order chi connectivity index (χ1) is 15.9. The number of aryl methyl sites for hydroxylation is 1. The Bertz CT molecular complexity index is 1270. The number of carbonyl (C=O) groups excluding carboxylic acids is 2. The number of ether oxygens (including phenoxy) is 2. The topological polar surface area (TPSA) is 76.1 Å². The molecule has 1 aliphatic heterocycles. The van der Waals surface area contributed by atoms with Crippen LogP contribution < -0.4 is 14.4 Å². The van der Waals surface area contributed by atoms with Gasteiger partial charge in [0.05, 0.1) is 36.4 Å². The minimum Gasteiger partial charge on any atom is -0.507 e. The molecule has 1 heterocycles. The fraction of sp³-hybridized carbons (Fsp3) is 0.154. The maximum absolute atomic E-state index is 13.3. The Morgan fingerprint density at radius 1 is 0.970 bits per heavy atom. The Balaban J connectivity index is 2.00. The summed E-state index contributed by atoms with van der Waals surface area (Å²) in [5, 5.41) is 11.7. The molecule has 1 unspecified atom stereocenters. The Morgan fingerprint density at radius 2 is 1.70 bits per heavy atom. The maximum Gasteiger partial charge on any atom is 0.300 e. The van der Waals surface area contributed by atoms with Crippen molar-refractivity contribution >= 4 is 34.7 Å². The van der Waals surface area contributed by atoms with Crippen molar-refractivity contribution in [2.24, 2.45) is 0 Å². The first-order valence-corrected chi connectivity index (χ1v) is 10.6. The summed E-state index contributed by atoms with van der Waals surface area (Å²) in [5.41, 5.74) is 2.10. The largest absolute Gasteiger partial charge is 0.507 e. The van der Waals surface area contributed by atoms with Gasteiger partial charge in [0.2, 0.25) is 0 Å². The van der Waals surface area contributed by atoms with Crippen molar-refractivity contribution in [3.8, 4) is 11.5 Å². The zero-order valence-corrected chi connectivity index (χ0v) is 19.1. The Kier molecular flexibility index (Phi) is 6.11. The number of nitrogens with zero attached hydrogens (tertiary/aromatic N) is 1. The lowest BCUT2D eigenvalue weighted by Gasteiger charge is -2.26. The Hall–Kier alpha value is -3.77. The standard InChI is InChI=1S/C26H22ClNO5/c1-15-12-19(25(33-3)20(27)13-15)23(29)21-22(16-8-5-4-6-9-16)28(26(31)24(21)30)17-10-7-11-18(14-17)32-2/h4-14,22,29H,1-3H3/b23-21+. The van der Waals surface area contributed by atoms with Gasteiger partial charge in [-0.15, -0.1) is 0 Å². The van der Waals surface area contributed by atoms with Crippen LogP contribution in [0.4, 0.5) is 5.69 Å². The van der Waals surface area contributed by atoms with E-state index < -0.39 is 17.7 Å². The van der Waals surface area contributed by atoms with Crippen molar-refractivity contribution in [2.75, 3.05) is 19.1 Å². The number of aliphatic hydroxyl groups excluding tert-OH is 1. The molecule has 0 spiro atoms. The Labute approximate surface area is 196 Å². The van der Waals surface area contributed by atoms with Crippen LogP contribution in [0.2, 0.25) is 5.02 Å². The SMILES string of the molecule is COc1cccc(N2C(=O)C(=O)/C(=C(/O)c3cc(C)cc(Cl)c3OC)C2c2ccccc2)c1. The molecular weight excluding hydrogens is 442 g/mol. The van der Waals surface area contributed by atoms with Gasteiger partial charge >= 0.3 is 0 Å². The van der Waals surface area contributed by atoms with Crippen molar-refractivity contribution in [1.29, 1.82) is 0 Å². The van der Waals surface area contributed by atoms with Crippen LogP contribution in [0, 0.1) is 6.92 Å². The van der Waals surface area contributed by atoms with Crippen molar-refractivity contribution < 1.29 is 24.2 Å². The van der Waals surface area contributed by atoms with E-state index in [4.69, 9.17) is 21.1 Å². The summed E-state index contributed by atoms with van der Waals surface area (Å²) in [6.45, 7) is 1.81. The molecule has 0 saturated carbocycles. The second kappa shape index (κ2) is 9.00. The molecule has 1 atom stereocenters. The predicted molar refractivity (Wildman–Crippen MR) is 127 cm³/mol. The maximum atomic E-state index is 13.3. The van der Waals surface area contributed by atoms with Crippen LogP contribution in [0.5, 0.6) is 11.5 Å². The van der Waals surface area contributed by atoms with Crippen LogP contribution >= 0.6 is 11.6 Å². The highest BCUT2D eigenvalue weighted by molar-refractivity contribution is 6.51. The summed E-state index contributed by atoms with van der Waals surface area (Å²) >= 11 is 6.33. The number of Topliss-reactive ketones (excluding diaryl/α,β-unsaturated/α-hetero) is 1. The summed E-state index contributed by atoms with van der Waals surface area (Å²) in [4.78, 5) is 27.9. The molecule has 33 heavy (non-hydrogen) atoms. The summed E-state index contributed by atoms with van der Waals surface area (Å²) in [6, 6.07) is 18.4. The van der Waals surface area contributed by atoms with Crippen LogP contribution in [-0.4, -0.2) is 31.0 Å². The summed E-state index contributed by atoms with van der Waals surface area (Å²) in [5.74, 6) is -1.15. The van der Waals surface area contributed by atoms with Gasteiger partial charge in [-0.3, -0.25) is 14.5 Å². The number of amides is 1. The van der Waals surface area contributed by atoms with Crippen LogP contribution in [0.25, 0.3) is 5.76 Å². The van der Waals surface area contributed by atoms with Crippen LogP contribution in [0.15, 0.2) is 72.3 Å². The lowest BCUT2D eigenvalue weighted by atomic mass is 9.94. The predicted octanol–water partition coefficient (Wildman–Crippen LogP) is 5.29. The molecule has 4 rings (SSSR count). The van der Waals surface area contributed by atoms with Gasteiger partial charge < -0.3 is 14.6 Å². The smallest absolute Gasteiger partial charge is 0.300 e. The minimum atomic E-state index is -0.859. The van der Waals surface area contributed by atoms with E-state index in [0.717, 1.165) is 5.56 Å². The molecule has 0 bridgehead atoms. The highest BCUT2D eigenvalue weighted by Crippen LogP contribution is 2.44. The molecule has 3 aromatic carbocycles. The van der Waals surface area contributed by atoms with Gasteiger partial charge in [-0.25, -0.2) is 0 Å². The monoisotopic (exact) mass is 463 g/mol. The number of methoxy groups -OCH3 is 2. The van der Waals surface area contributed by atoms with Crippen molar-refractivity contribution in [3.63, 3.8) is 0 Å². The number of aliphatic hydroxyl groups is 1. The number of halogens is 1. The zero-order valence-electron chi connectivity index (χ0n) is 18.3. The van der Waals surface area contributed by atoms with E-state index in [9.17, 15) is 14.7 Å². The number of hydrogen-bond acceptors (Lipinski definition) is 5. The van der Waals surface area contributed by atoms with E-state index in [1.54, 1.807) is 48.5 Å². The first-order valence-electron chi connectivity index (χ1n) is 10.2. The number of rotatable bonds is 5. The number of anilines is 1. The third-order valence-electron chi connectivity index (χ3n) is 5.54. The van der Waals surface area contributed by atoms with Crippen molar-refractivity contribution in [3.05, 3.63) is 94.0 Å². The molecule has 1 N–H and O–H groups in total. The highest BCUT2D eigenvalue weighted by atomic mass is 35.5. The lowest BCUT2D eigenvalue weighted by molar-refractivity contribution is -0.132. The second-order valence-electron chi connectivity index (χ2n) is 7.61. The number of carbonyl (C=O) groups is 2. The third-order valence-corrected chi connectivity index (χ3v) is 5.82. The van der Waals surface area contributed by atoms with E-state index in [0.29, 0.717) is 17.0 Å². The molecule has 1 aliphatic rings. The van der Waals surface area contributed by atoms with Crippen LogP contribution in [-0.2, 0) is 9.59 Å². The van der Waals surface area contributed by atoms with E-state index in [1.165, 1.54) is 19.1 Å². The molecule has 6 nitrogen and oxygen atoms in total. The van der Waals surface area contributed by atoms with Crippen LogP contribution in [0.3, 0.4) is 0 Å². The van der Waals surface area contributed by atoms with Gasteiger partial charge in [0, 0.05) is 11.8 Å². The van der Waals surface area contributed by atoms with Crippen LogP contribution in [0.1, 0.15) is 22.7 Å². The lowest BCUT2D eigenvalue weighted by Crippen LogP contribution is -2.29. The van der Waals surface area contributed by atoms with Crippen molar-refractivity contribution in [2.45, 2.75) is 13.0 Å². The molecule has 168 valence electrons. The fourth-order valence-electron chi connectivity index (χ4n) is 4.07. The van der Waals surface area contributed by atoms with E-state index in [1.807, 2.05) is 25.1 Å². The molecular formula is C26H22ClNO5. The fourth-order valence-corrected chi connectivity index (χ4v) is 4.42. The summed E-state index contributed by atoms with van der Waals surface area (Å²) in [6.07, 6.45) is 0. The third kappa shape index (κ3) is 3.94. The van der Waals surface area contributed by atoms with Gasteiger partial charge in [-0.1, -0.05) is 48.0 Å². The average molecular weight is 464 g/mol. The van der Waals surface area contributed by atoms with Crippen molar-refractivity contribution in [1.82, 2.24) is 0 Å². The molecule has 7 heteroatoms. The normalized spacial score (nSPS) is 17.3. The van der Waals surface area contributed by atoms with Gasteiger partial charge in [-0.2, -0.15) is 0 Å². The zero-order chi connectivity index (χ0) is 23.7. The first kappa shape index (κ1) is 22.4. The van der Waals surface area contributed by atoms with Gasteiger partial charge in [0.15, 0.2) is 0 Å². The Morgan fingerprint density at radius 3 is 2.36 bits per heavy atom. The molecule has 1 amide bonds. The van der Waals surface area contributed by atoms with Gasteiger partial charge in [0.25, 0.3) is 11.7 Å². The van der Waals surface area contributed by atoms with Gasteiger partial charge in [-0.05, 0) is 42.3 Å². The highest BCUT2D eigenvalue weighted by Gasteiger charge is 2.47. The number of ketones is 1. The van der Waals surface area contributed by atoms with E-state index >= 15 is 0 Å². The average Bonchev–Trinajstić information content (AvgIpc) is 3.09. The number of hydrogen-bond donors (Lipinski definition) is 1. The number of benzene rings is 3. The van der Waals surface area contributed by atoms with E-state index in [2.05, 4.69) is 0 Å². The summed E-state index contributed by atoms with van der Waals surface area (Å²) < 4.78 is 10.7. The van der Waals surface area contributed by atoms with Gasteiger partial charge in [0.1, 0.15) is 17.3 Å². The summed E-state index contributed by atoms with van der Waals surface area (Å²) in [7, 11) is 2.95. The molecule has 0 aliphatic carbocycles. The molecule has 3 aromatic rings. The minimum absolute atomic E-state index is 0.0472. The second-order valence-corrected chi connectivity index (χ2v) is 8.02. The molecule has 1 fully saturated rings. The molecule has 0 radical (unpaired) electrons. The molecule has 1 saturated heterocycles. The molecule has 0 aromatic heterocycles. The quantitative estimate of drug-likeness (QED) is 0.316. The van der Waals surface area contributed by atoms with E-state index in [-0.39, 0.29) is 27.7 Å².